The van der Waals surface area contributed by atoms with Crippen LogP contribution < -0.4 is 16.0 Å². The summed E-state index contributed by atoms with van der Waals surface area (Å²) in [6, 6.07) is 15.3. The van der Waals surface area contributed by atoms with Crippen molar-refractivity contribution in [2.45, 2.75) is 52.0 Å². The number of halogens is 1. The Hall–Kier alpha value is -5.13. The highest BCUT2D eigenvalue weighted by atomic mass is 32.1. The number of ether oxygens (including phenoxy) is 2. The summed E-state index contributed by atoms with van der Waals surface area (Å²) in [5.74, 6) is -1.69. The molecular weight excluding hydrogens is 603 g/mol. The maximum Gasteiger partial charge on any atom is 0.333 e. The zero-order valence-electron chi connectivity index (χ0n) is 24.6. The van der Waals surface area contributed by atoms with Crippen LogP contribution in [0.1, 0.15) is 43.1 Å². The third-order valence-electron chi connectivity index (χ3n) is 7.31. The van der Waals surface area contributed by atoms with E-state index in [1.165, 1.54) is 53.8 Å². The normalized spacial score (nSPS) is 12.2. The van der Waals surface area contributed by atoms with Crippen LogP contribution in [-0.2, 0) is 28.2 Å². The molecule has 0 amide bonds. The van der Waals surface area contributed by atoms with Gasteiger partial charge in [-0.1, -0.05) is 41.7 Å². The first kappa shape index (κ1) is 31.3. The van der Waals surface area contributed by atoms with Crippen molar-refractivity contribution < 1.29 is 23.8 Å². The molecule has 0 spiro atoms. The Labute approximate surface area is 260 Å². The number of carboxylic acid groups (broad SMARTS) is 1. The first-order chi connectivity index (χ1) is 21.5. The monoisotopic (exact) mass is 632 g/mol. The highest BCUT2D eigenvalue weighted by Crippen LogP contribution is 2.34. The summed E-state index contributed by atoms with van der Waals surface area (Å²) in [7, 11) is 0. The van der Waals surface area contributed by atoms with Crippen molar-refractivity contribution in [3.05, 3.63) is 104 Å². The topological polar surface area (TPSA) is 154 Å². The van der Waals surface area contributed by atoms with E-state index in [2.05, 4.69) is 10.2 Å². The predicted octanol–water partition coefficient (Wildman–Crippen LogP) is 4.32. The zero-order chi connectivity index (χ0) is 32.3. The molecule has 3 aromatic heterocycles. The van der Waals surface area contributed by atoms with Crippen LogP contribution >= 0.6 is 11.3 Å². The third kappa shape index (κ3) is 6.13. The molecule has 0 fully saturated rings. The van der Waals surface area contributed by atoms with Gasteiger partial charge in [-0.2, -0.15) is 15.5 Å². The highest BCUT2D eigenvalue weighted by molar-refractivity contribution is 7.21. The molecule has 2 aromatic carbocycles. The molecule has 0 radical (unpaired) electrons. The van der Waals surface area contributed by atoms with E-state index < -0.39 is 34.7 Å². The Morgan fingerprint density at radius 3 is 2.53 bits per heavy atom. The van der Waals surface area contributed by atoms with E-state index in [0.29, 0.717) is 15.1 Å². The van der Waals surface area contributed by atoms with Crippen LogP contribution in [0.3, 0.4) is 0 Å². The van der Waals surface area contributed by atoms with Crippen LogP contribution in [0.2, 0.25) is 0 Å². The van der Waals surface area contributed by atoms with Crippen LogP contribution in [0.15, 0.2) is 70.5 Å². The van der Waals surface area contributed by atoms with Gasteiger partial charge in [0, 0.05) is 11.1 Å². The average Bonchev–Trinajstić information content (AvgIpc) is 3.66. The van der Waals surface area contributed by atoms with Crippen molar-refractivity contribution in [1.82, 2.24) is 24.1 Å². The quantitative estimate of drug-likeness (QED) is 0.198. The van der Waals surface area contributed by atoms with Gasteiger partial charge in [0.05, 0.1) is 43.4 Å². The molecule has 0 unspecified atom stereocenters. The van der Waals surface area contributed by atoms with Crippen LogP contribution in [0.5, 0.6) is 5.75 Å². The second-order valence-electron chi connectivity index (χ2n) is 10.7. The molecule has 0 aliphatic rings. The van der Waals surface area contributed by atoms with Gasteiger partial charge in [-0.3, -0.25) is 9.36 Å². The molecule has 0 aliphatic heterocycles. The molecule has 1 atom stereocenters. The number of aromatic nitrogens is 5. The van der Waals surface area contributed by atoms with Crippen molar-refractivity contribution in [1.29, 1.82) is 5.26 Å². The molecule has 0 aliphatic carbocycles. The standard InChI is InChI=1S/C31H29FN6O6S/c1-19-25-26(39)37(31(2,3)29(40)41)30(42)36(28(25)45-27(19)38-34-13-14-35-38)17-24(43-15-7-12-33)22-16-21(32)10-11-23(22)44-18-20-8-5-4-6-9-20/h4-6,8-11,13-14,16,24H,7,15,17-18H2,1-3H3,(H,40,41)/t24-/m0/s1. The Kier molecular flexibility index (Phi) is 8.94. The van der Waals surface area contributed by atoms with Crippen molar-refractivity contribution >= 4 is 27.5 Å². The van der Waals surface area contributed by atoms with Gasteiger partial charge in [-0.15, -0.1) is 4.80 Å². The molecule has 0 bridgehead atoms. The summed E-state index contributed by atoms with van der Waals surface area (Å²) >= 11 is 1.07. The lowest BCUT2D eigenvalue weighted by molar-refractivity contribution is -0.146. The molecule has 0 saturated heterocycles. The fourth-order valence-corrected chi connectivity index (χ4v) is 6.11. The largest absolute Gasteiger partial charge is 0.489 e. The van der Waals surface area contributed by atoms with E-state index in [9.17, 15) is 29.1 Å². The van der Waals surface area contributed by atoms with E-state index in [1.54, 1.807) is 6.92 Å². The molecule has 0 saturated carbocycles. The van der Waals surface area contributed by atoms with Crippen LogP contribution in [0.25, 0.3) is 15.2 Å². The summed E-state index contributed by atoms with van der Waals surface area (Å²) < 4.78 is 28.8. The molecular formula is C31H29FN6O6S. The van der Waals surface area contributed by atoms with Crippen molar-refractivity contribution in [2.24, 2.45) is 0 Å². The summed E-state index contributed by atoms with van der Waals surface area (Å²) in [4.78, 5) is 41.8. The lowest BCUT2D eigenvalue weighted by Gasteiger charge is -2.26. The molecule has 3 heterocycles. The number of aryl methyl sites for hydroxylation is 1. The average molecular weight is 633 g/mol. The zero-order valence-corrected chi connectivity index (χ0v) is 25.5. The summed E-state index contributed by atoms with van der Waals surface area (Å²) in [5, 5.41) is 28.1. The molecule has 1 N–H and O–H groups in total. The first-order valence-corrected chi connectivity index (χ1v) is 14.7. The Morgan fingerprint density at radius 2 is 1.87 bits per heavy atom. The first-order valence-electron chi connectivity index (χ1n) is 13.9. The van der Waals surface area contributed by atoms with E-state index in [4.69, 9.17) is 9.47 Å². The van der Waals surface area contributed by atoms with Gasteiger partial charge in [0.2, 0.25) is 0 Å². The van der Waals surface area contributed by atoms with E-state index in [0.717, 1.165) is 16.9 Å². The Bertz CT molecular complexity index is 2010. The van der Waals surface area contributed by atoms with Gasteiger partial charge >= 0.3 is 11.7 Å². The summed E-state index contributed by atoms with van der Waals surface area (Å²) in [6.45, 7) is 4.02. The number of nitriles is 1. The van der Waals surface area contributed by atoms with Crippen molar-refractivity contribution in [3.63, 3.8) is 0 Å². The third-order valence-corrected chi connectivity index (χ3v) is 8.59. The number of thiophene rings is 1. The van der Waals surface area contributed by atoms with E-state index in [-0.39, 0.29) is 47.7 Å². The number of rotatable bonds is 12. The molecule has 5 rings (SSSR count). The summed E-state index contributed by atoms with van der Waals surface area (Å²) in [5.41, 5.74) is -2.04. The molecule has 5 aromatic rings. The number of carbonyl (C=O) groups is 1. The van der Waals surface area contributed by atoms with E-state index in [1.807, 2.05) is 36.4 Å². The van der Waals surface area contributed by atoms with Gasteiger partial charge in [0.1, 0.15) is 39.6 Å². The minimum atomic E-state index is -1.93. The van der Waals surface area contributed by atoms with Crippen LogP contribution in [-0.4, -0.2) is 41.8 Å². The predicted molar refractivity (Wildman–Crippen MR) is 163 cm³/mol. The van der Waals surface area contributed by atoms with Crippen LogP contribution in [0.4, 0.5) is 4.39 Å². The maximum atomic E-state index is 14.7. The van der Waals surface area contributed by atoms with E-state index >= 15 is 0 Å². The number of benzene rings is 2. The van der Waals surface area contributed by atoms with Gasteiger partial charge in [0.25, 0.3) is 5.56 Å². The summed E-state index contributed by atoms with van der Waals surface area (Å²) in [6.07, 6.45) is 1.88. The number of nitrogens with zero attached hydrogens (tertiary/aromatic N) is 6. The number of fused-ring (bicyclic) bond motifs is 1. The van der Waals surface area contributed by atoms with Gasteiger partial charge in [-0.25, -0.2) is 18.5 Å². The van der Waals surface area contributed by atoms with Gasteiger partial charge < -0.3 is 14.6 Å². The fourth-order valence-electron chi connectivity index (χ4n) is 4.89. The SMILES string of the molecule is Cc1c(-n2nccn2)sc2c1c(=O)n(C(C)(C)C(=O)O)c(=O)n2C[C@H](OCCC#N)c1cc(F)ccc1OCc1ccccc1. The number of carboxylic acids is 1. The van der Waals surface area contributed by atoms with Crippen molar-refractivity contribution in [3.8, 4) is 16.8 Å². The minimum absolute atomic E-state index is 0.00903. The smallest absolute Gasteiger partial charge is 0.333 e. The number of hydrogen-bond acceptors (Lipinski definition) is 9. The maximum absolute atomic E-state index is 14.7. The Morgan fingerprint density at radius 1 is 1.16 bits per heavy atom. The highest BCUT2D eigenvalue weighted by Gasteiger charge is 2.36. The second-order valence-corrected chi connectivity index (χ2v) is 11.6. The number of hydrogen-bond donors (Lipinski definition) is 1. The van der Waals surface area contributed by atoms with Gasteiger partial charge in [0.15, 0.2) is 0 Å². The second kappa shape index (κ2) is 12.8. The van der Waals surface area contributed by atoms with Crippen LogP contribution in [0, 0.1) is 24.1 Å². The minimum Gasteiger partial charge on any atom is -0.489 e. The molecule has 232 valence electrons. The molecule has 45 heavy (non-hydrogen) atoms. The molecule has 14 heteroatoms. The lowest BCUT2D eigenvalue weighted by atomic mass is 10.1. The Balaban J connectivity index is 1.71. The van der Waals surface area contributed by atoms with Gasteiger partial charge in [-0.05, 0) is 44.5 Å². The lowest BCUT2D eigenvalue weighted by Crippen LogP contribution is -2.52. The number of aliphatic carboxylic acids is 1. The van der Waals surface area contributed by atoms with Crippen molar-refractivity contribution in [2.75, 3.05) is 6.61 Å². The molecule has 12 nitrogen and oxygen atoms in total. The fraction of sp³-hybridized carbons (Fsp3) is 0.290.